The van der Waals surface area contributed by atoms with Crippen LogP contribution < -0.4 is 5.32 Å². The number of halogens is 2. The Hall–Kier alpha value is 0.500. The zero-order valence-electron chi connectivity index (χ0n) is 7.45. The molecule has 4 heteroatoms. The molecular formula is C8H18Cl2N2. The first-order chi connectivity index (χ1) is 4.88. The van der Waals surface area contributed by atoms with Crippen LogP contribution in [0.1, 0.15) is 12.8 Å². The van der Waals surface area contributed by atoms with Gasteiger partial charge in [0.25, 0.3) is 0 Å². The maximum Gasteiger partial charge on any atom is 0.0145 e. The van der Waals surface area contributed by atoms with Crippen molar-refractivity contribution >= 4 is 24.8 Å². The van der Waals surface area contributed by atoms with Crippen LogP contribution >= 0.6 is 24.8 Å². The Balaban J connectivity index is 0.000000605. The predicted molar refractivity (Wildman–Crippen MR) is 56.5 cm³/mol. The summed E-state index contributed by atoms with van der Waals surface area (Å²) in [5.74, 6) is 0.957. The fourth-order valence-electron chi connectivity index (χ4n) is 2.32. The summed E-state index contributed by atoms with van der Waals surface area (Å²) in [5, 5.41) is 3.45. The second-order valence-electron chi connectivity index (χ2n) is 3.59. The minimum atomic E-state index is 0. The minimum absolute atomic E-state index is 0. The lowest BCUT2D eigenvalue weighted by Crippen LogP contribution is -2.42. The maximum atomic E-state index is 3.45. The zero-order chi connectivity index (χ0) is 6.97. The van der Waals surface area contributed by atoms with E-state index in [4.69, 9.17) is 0 Å². The highest BCUT2D eigenvalue weighted by atomic mass is 35.5. The highest BCUT2D eigenvalue weighted by Crippen LogP contribution is 2.26. The van der Waals surface area contributed by atoms with Gasteiger partial charge in [0.05, 0.1) is 0 Å². The first kappa shape index (κ1) is 12.5. The molecule has 2 nitrogen and oxygen atoms in total. The van der Waals surface area contributed by atoms with Crippen molar-refractivity contribution < 1.29 is 0 Å². The molecule has 2 saturated heterocycles. The summed E-state index contributed by atoms with van der Waals surface area (Å²) in [4.78, 5) is 2.52. The summed E-state index contributed by atoms with van der Waals surface area (Å²) < 4.78 is 0. The Kier molecular flexibility index (Phi) is 5.50. The van der Waals surface area contributed by atoms with E-state index in [1.165, 1.54) is 32.5 Å². The number of fused-ring (bicyclic) bond motifs is 1. The van der Waals surface area contributed by atoms with Crippen molar-refractivity contribution in [2.24, 2.45) is 5.92 Å². The Bertz CT molecular complexity index is 130. The van der Waals surface area contributed by atoms with Gasteiger partial charge >= 0.3 is 0 Å². The van der Waals surface area contributed by atoms with Crippen molar-refractivity contribution in [3.63, 3.8) is 0 Å². The molecule has 2 rings (SSSR count). The van der Waals surface area contributed by atoms with Crippen molar-refractivity contribution in [2.75, 3.05) is 26.7 Å². The lowest BCUT2D eigenvalue weighted by atomic mass is 9.94. The van der Waals surface area contributed by atoms with Crippen LogP contribution in [0.3, 0.4) is 0 Å². The van der Waals surface area contributed by atoms with Crippen LogP contribution in [-0.4, -0.2) is 37.6 Å². The van der Waals surface area contributed by atoms with E-state index in [-0.39, 0.29) is 24.8 Å². The van der Waals surface area contributed by atoms with E-state index < -0.39 is 0 Å². The lowest BCUT2D eigenvalue weighted by molar-refractivity contribution is 0.225. The highest BCUT2D eigenvalue weighted by Gasteiger charge is 2.32. The first-order valence-electron chi connectivity index (χ1n) is 4.29. The summed E-state index contributed by atoms with van der Waals surface area (Å²) in [6, 6.07) is 0.904. The highest BCUT2D eigenvalue weighted by molar-refractivity contribution is 5.85. The zero-order valence-corrected chi connectivity index (χ0v) is 9.09. The SMILES string of the molecule is CN1CCC2CNCCC21.Cl.Cl. The van der Waals surface area contributed by atoms with Crippen molar-refractivity contribution in [3.05, 3.63) is 0 Å². The molecule has 0 amide bonds. The Morgan fingerprint density at radius 2 is 2.00 bits per heavy atom. The summed E-state index contributed by atoms with van der Waals surface area (Å²) in [7, 11) is 2.26. The van der Waals surface area contributed by atoms with Gasteiger partial charge in [0.2, 0.25) is 0 Å². The number of hydrogen-bond acceptors (Lipinski definition) is 2. The second-order valence-corrected chi connectivity index (χ2v) is 3.59. The van der Waals surface area contributed by atoms with Gasteiger partial charge in [0, 0.05) is 6.04 Å². The molecular weight excluding hydrogens is 195 g/mol. The quantitative estimate of drug-likeness (QED) is 0.649. The Morgan fingerprint density at radius 3 is 2.67 bits per heavy atom. The van der Waals surface area contributed by atoms with E-state index >= 15 is 0 Å². The number of likely N-dealkylation sites (tertiary alicyclic amines) is 1. The molecule has 2 aliphatic rings. The van der Waals surface area contributed by atoms with Crippen molar-refractivity contribution in [1.29, 1.82) is 0 Å². The number of nitrogens with one attached hydrogen (secondary N) is 1. The molecule has 2 unspecified atom stereocenters. The Labute approximate surface area is 86.9 Å². The largest absolute Gasteiger partial charge is 0.316 e. The molecule has 12 heavy (non-hydrogen) atoms. The van der Waals surface area contributed by atoms with Gasteiger partial charge in [-0.15, -0.1) is 24.8 Å². The molecule has 2 atom stereocenters. The normalized spacial score (nSPS) is 34.8. The van der Waals surface area contributed by atoms with Gasteiger partial charge < -0.3 is 10.2 Å². The van der Waals surface area contributed by atoms with Gasteiger partial charge in [-0.2, -0.15) is 0 Å². The van der Waals surface area contributed by atoms with Gasteiger partial charge in [0.15, 0.2) is 0 Å². The van der Waals surface area contributed by atoms with Crippen molar-refractivity contribution in [2.45, 2.75) is 18.9 Å². The predicted octanol–water partition coefficient (Wildman–Crippen LogP) is 1.14. The summed E-state index contributed by atoms with van der Waals surface area (Å²) in [5.41, 5.74) is 0. The lowest BCUT2D eigenvalue weighted by Gasteiger charge is -2.29. The fraction of sp³-hybridized carbons (Fsp3) is 1.00. The van der Waals surface area contributed by atoms with E-state index in [0.717, 1.165) is 12.0 Å². The molecule has 2 heterocycles. The first-order valence-corrected chi connectivity index (χ1v) is 4.29. The van der Waals surface area contributed by atoms with Crippen LogP contribution in [0.25, 0.3) is 0 Å². The summed E-state index contributed by atoms with van der Waals surface area (Å²) in [6.07, 6.45) is 2.77. The fourth-order valence-corrected chi connectivity index (χ4v) is 2.32. The molecule has 0 aromatic carbocycles. The summed E-state index contributed by atoms with van der Waals surface area (Å²) >= 11 is 0. The van der Waals surface area contributed by atoms with E-state index in [9.17, 15) is 0 Å². The molecule has 2 aliphatic heterocycles. The molecule has 0 spiro atoms. The van der Waals surface area contributed by atoms with E-state index in [0.29, 0.717) is 0 Å². The van der Waals surface area contributed by atoms with Gasteiger partial charge in [-0.25, -0.2) is 0 Å². The van der Waals surface area contributed by atoms with Crippen LogP contribution in [0, 0.1) is 5.92 Å². The van der Waals surface area contributed by atoms with Gasteiger partial charge in [-0.3, -0.25) is 0 Å². The third kappa shape index (κ3) is 2.25. The van der Waals surface area contributed by atoms with E-state index in [1.807, 2.05) is 0 Å². The molecule has 2 fully saturated rings. The minimum Gasteiger partial charge on any atom is -0.316 e. The smallest absolute Gasteiger partial charge is 0.0145 e. The van der Waals surface area contributed by atoms with Crippen LogP contribution in [0.5, 0.6) is 0 Å². The number of nitrogens with zero attached hydrogens (tertiary/aromatic N) is 1. The Morgan fingerprint density at radius 1 is 1.25 bits per heavy atom. The average molecular weight is 213 g/mol. The van der Waals surface area contributed by atoms with Crippen LogP contribution in [-0.2, 0) is 0 Å². The average Bonchev–Trinajstić information content (AvgIpc) is 2.34. The van der Waals surface area contributed by atoms with E-state index in [2.05, 4.69) is 17.3 Å². The number of hydrogen-bond donors (Lipinski definition) is 1. The third-order valence-corrected chi connectivity index (χ3v) is 2.99. The van der Waals surface area contributed by atoms with E-state index in [1.54, 1.807) is 0 Å². The monoisotopic (exact) mass is 212 g/mol. The molecule has 0 aliphatic carbocycles. The molecule has 74 valence electrons. The van der Waals surface area contributed by atoms with Crippen molar-refractivity contribution in [3.8, 4) is 0 Å². The van der Waals surface area contributed by atoms with Crippen molar-refractivity contribution in [1.82, 2.24) is 10.2 Å². The van der Waals surface area contributed by atoms with Crippen LogP contribution in [0.2, 0.25) is 0 Å². The van der Waals surface area contributed by atoms with Crippen LogP contribution in [0.15, 0.2) is 0 Å². The second kappa shape index (κ2) is 5.28. The molecule has 0 saturated carbocycles. The molecule has 0 radical (unpaired) electrons. The van der Waals surface area contributed by atoms with Crippen LogP contribution in [0.4, 0.5) is 0 Å². The third-order valence-electron chi connectivity index (χ3n) is 2.99. The number of piperidine rings is 1. The number of rotatable bonds is 0. The van der Waals surface area contributed by atoms with Gasteiger partial charge in [-0.1, -0.05) is 0 Å². The topological polar surface area (TPSA) is 15.3 Å². The van der Waals surface area contributed by atoms with Gasteiger partial charge in [0.1, 0.15) is 0 Å². The maximum absolute atomic E-state index is 3.45. The van der Waals surface area contributed by atoms with Gasteiger partial charge in [-0.05, 0) is 45.4 Å². The molecule has 0 aromatic heterocycles. The molecule has 0 bridgehead atoms. The molecule has 0 aromatic rings. The molecule has 1 N–H and O–H groups in total. The summed E-state index contributed by atoms with van der Waals surface area (Å²) in [6.45, 7) is 3.80. The standard InChI is InChI=1S/C8H16N2.2ClH/c1-10-5-3-7-6-9-4-2-8(7)10;;/h7-9H,2-6H2,1H3;2*1H.